The van der Waals surface area contributed by atoms with E-state index in [2.05, 4.69) is 20.1 Å². The van der Waals surface area contributed by atoms with Crippen LogP contribution in [0.2, 0.25) is 0 Å². The lowest BCUT2D eigenvalue weighted by atomic mass is 10.0. The summed E-state index contributed by atoms with van der Waals surface area (Å²) in [5, 5.41) is 7.54. The molecular formula is C17H22N6OS. The third-order valence-electron chi connectivity index (χ3n) is 4.99. The fraction of sp³-hybridized carbons (Fsp3) is 0.529. The molecule has 0 unspecified atom stereocenters. The van der Waals surface area contributed by atoms with Gasteiger partial charge in [-0.25, -0.2) is 4.98 Å². The number of rotatable bonds is 3. The maximum absolute atomic E-state index is 12.7. The van der Waals surface area contributed by atoms with Crippen molar-refractivity contribution in [2.24, 2.45) is 0 Å². The largest absolute Gasteiger partial charge is 0.338 e. The molecule has 25 heavy (non-hydrogen) atoms. The smallest absolute Gasteiger partial charge is 0.255 e. The molecule has 2 aliphatic heterocycles. The molecule has 0 spiro atoms. The van der Waals surface area contributed by atoms with Gasteiger partial charge in [0.1, 0.15) is 18.5 Å². The number of piperidine rings is 1. The zero-order valence-corrected chi connectivity index (χ0v) is 14.9. The average Bonchev–Trinajstić information content (AvgIpc) is 3.23. The van der Waals surface area contributed by atoms with Gasteiger partial charge in [-0.2, -0.15) is 11.8 Å². The first kappa shape index (κ1) is 16.5. The summed E-state index contributed by atoms with van der Waals surface area (Å²) >= 11 is 2.04. The first-order chi connectivity index (χ1) is 12.3. The van der Waals surface area contributed by atoms with E-state index < -0.39 is 0 Å². The molecule has 2 aromatic rings. The van der Waals surface area contributed by atoms with Crippen LogP contribution in [0.1, 0.15) is 23.2 Å². The van der Waals surface area contributed by atoms with Crippen LogP contribution >= 0.6 is 11.8 Å². The molecule has 1 amide bonds. The summed E-state index contributed by atoms with van der Waals surface area (Å²) < 4.78 is 1.72. The Hall–Kier alpha value is -1.93. The lowest BCUT2D eigenvalue weighted by molar-refractivity contribution is 0.0630. The highest BCUT2D eigenvalue weighted by atomic mass is 32.2. The van der Waals surface area contributed by atoms with Crippen molar-refractivity contribution in [3.05, 3.63) is 36.5 Å². The van der Waals surface area contributed by atoms with Gasteiger partial charge in [-0.05, 0) is 25.0 Å². The Labute approximate surface area is 151 Å². The van der Waals surface area contributed by atoms with Crippen LogP contribution in [0.4, 0.5) is 0 Å². The number of aromatic nitrogens is 4. The van der Waals surface area contributed by atoms with Gasteiger partial charge in [0, 0.05) is 49.9 Å². The molecule has 2 fully saturated rings. The predicted molar refractivity (Wildman–Crippen MR) is 97.0 cm³/mol. The summed E-state index contributed by atoms with van der Waals surface area (Å²) in [7, 11) is 0. The van der Waals surface area contributed by atoms with Crippen LogP contribution in [-0.4, -0.2) is 79.2 Å². The molecule has 4 rings (SSSR count). The molecule has 2 aliphatic rings. The van der Waals surface area contributed by atoms with Crippen LogP contribution in [0.25, 0.3) is 5.82 Å². The molecule has 4 heterocycles. The van der Waals surface area contributed by atoms with E-state index in [9.17, 15) is 4.79 Å². The van der Waals surface area contributed by atoms with E-state index in [0.29, 0.717) is 17.4 Å². The maximum Gasteiger partial charge on any atom is 0.255 e. The van der Waals surface area contributed by atoms with Crippen LogP contribution in [0, 0.1) is 0 Å². The Bertz CT molecular complexity index is 690. The van der Waals surface area contributed by atoms with E-state index in [1.54, 1.807) is 23.4 Å². The van der Waals surface area contributed by atoms with Crippen LogP contribution in [0.3, 0.4) is 0 Å². The minimum absolute atomic E-state index is 0.0791. The second kappa shape index (κ2) is 7.53. The van der Waals surface area contributed by atoms with Crippen molar-refractivity contribution < 1.29 is 4.79 Å². The van der Waals surface area contributed by atoms with Crippen LogP contribution in [0.15, 0.2) is 31.0 Å². The Morgan fingerprint density at radius 3 is 2.40 bits per heavy atom. The van der Waals surface area contributed by atoms with E-state index in [-0.39, 0.29) is 5.91 Å². The summed E-state index contributed by atoms with van der Waals surface area (Å²) in [4.78, 5) is 21.6. The second-order valence-corrected chi connectivity index (χ2v) is 7.67. The zero-order chi connectivity index (χ0) is 17.1. The first-order valence-electron chi connectivity index (χ1n) is 8.73. The number of thioether (sulfide) groups is 1. The minimum Gasteiger partial charge on any atom is -0.338 e. The SMILES string of the molecule is O=C(c1ccc(-n2cnnc2)nc1)N1CCC(N2CCSCC2)CC1. The number of pyridine rings is 1. The van der Waals surface area contributed by atoms with Crippen molar-refractivity contribution in [1.82, 2.24) is 29.5 Å². The number of likely N-dealkylation sites (tertiary alicyclic amines) is 1. The van der Waals surface area contributed by atoms with Gasteiger partial charge in [-0.3, -0.25) is 14.3 Å². The molecule has 0 saturated carbocycles. The summed E-state index contributed by atoms with van der Waals surface area (Å²) in [6.45, 7) is 4.05. The van der Waals surface area contributed by atoms with Crippen LogP contribution in [0.5, 0.6) is 0 Å². The predicted octanol–water partition coefficient (Wildman–Crippen LogP) is 1.32. The highest BCUT2D eigenvalue weighted by molar-refractivity contribution is 7.99. The zero-order valence-electron chi connectivity index (χ0n) is 14.1. The van der Waals surface area contributed by atoms with Gasteiger partial charge in [-0.15, -0.1) is 10.2 Å². The summed E-state index contributed by atoms with van der Waals surface area (Å²) in [5.74, 6) is 3.27. The van der Waals surface area contributed by atoms with Crippen molar-refractivity contribution >= 4 is 17.7 Å². The fourth-order valence-corrected chi connectivity index (χ4v) is 4.47. The Morgan fingerprint density at radius 1 is 1.04 bits per heavy atom. The summed E-state index contributed by atoms with van der Waals surface area (Å²) in [6.07, 6.45) is 6.97. The lowest BCUT2D eigenvalue weighted by Gasteiger charge is -2.40. The number of amides is 1. The van der Waals surface area contributed by atoms with Crippen LogP contribution in [-0.2, 0) is 0 Å². The molecule has 0 N–H and O–H groups in total. The average molecular weight is 358 g/mol. The molecule has 2 saturated heterocycles. The van der Waals surface area contributed by atoms with E-state index >= 15 is 0 Å². The van der Waals surface area contributed by atoms with E-state index in [0.717, 1.165) is 25.9 Å². The monoisotopic (exact) mass is 358 g/mol. The number of hydrogen-bond donors (Lipinski definition) is 0. The number of nitrogens with zero attached hydrogens (tertiary/aromatic N) is 6. The van der Waals surface area contributed by atoms with Gasteiger partial charge < -0.3 is 4.90 Å². The lowest BCUT2D eigenvalue weighted by Crippen LogP contribution is -2.49. The van der Waals surface area contributed by atoms with E-state index in [1.807, 2.05) is 28.8 Å². The molecule has 132 valence electrons. The molecule has 0 aromatic carbocycles. The topological polar surface area (TPSA) is 67.2 Å². The van der Waals surface area contributed by atoms with E-state index in [4.69, 9.17) is 0 Å². The first-order valence-corrected chi connectivity index (χ1v) is 9.89. The standard InChI is InChI=1S/C17H22N6OS/c24-17(14-1-2-16(18-11-14)23-12-19-20-13-23)22-5-3-15(4-6-22)21-7-9-25-10-8-21/h1-2,11-13,15H,3-10H2. The second-order valence-electron chi connectivity index (χ2n) is 6.45. The van der Waals surface area contributed by atoms with Gasteiger partial charge in [0.05, 0.1) is 5.56 Å². The molecule has 2 aromatic heterocycles. The third-order valence-corrected chi connectivity index (χ3v) is 5.93. The maximum atomic E-state index is 12.7. The van der Waals surface area contributed by atoms with Crippen molar-refractivity contribution in [1.29, 1.82) is 0 Å². The summed E-state index contributed by atoms with van der Waals surface area (Å²) in [5.41, 5.74) is 0.643. The normalized spacial score (nSPS) is 19.9. The minimum atomic E-state index is 0.0791. The van der Waals surface area contributed by atoms with Gasteiger partial charge in [-0.1, -0.05) is 0 Å². The highest BCUT2D eigenvalue weighted by Gasteiger charge is 2.28. The van der Waals surface area contributed by atoms with E-state index in [1.165, 1.54) is 24.6 Å². The van der Waals surface area contributed by atoms with Gasteiger partial charge >= 0.3 is 0 Å². The molecule has 0 aliphatic carbocycles. The van der Waals surface area contributed by atoms with Gasteiger partial charge in [0.25, 0.3) is 5.91 Å². The number of hydrogen-bond acceptors (Lipinski definition) is 6. The van der Waals surface area contributed by atoms with Crippen molar-refractivity contribution in [3.8, 4) is 5.82 Å². The summed E-state index contributed by atoms with van der Waals surface area (Å²) in [6, 6.07) is 4.30. The van der Waals surface area contributed by atoms with Gasteiger partial charge in [0.2, 0.25) is 0 Å². The molecule has 7 nitrogen and oxygen atoms in total. The van der Waals surface area contributed by atoms with Crippen LogP contribution < -0.4 is 0 Å². The Kier molecular flexibility index (Phi) is 4.98. The van der Waals surface area contributed by atoms with Crippen molar-refractivity contribution in [2.75, 3.05) is 37.7 Å². The number of carbonyl (C=O) groups is 1. The molecular weight excluding hydrogens is 336 g/mol. The third kappa shape index (κ3) is 3.69. The molecule has 0 radical (unpaired) electrons. The molecule has 0 atom stereocenters. The van der Waals surface area contributed by atoms with Gasteiger partial charge in [0.15, 0.2) is 0 Å². The highest BCUT2D eigenvalue weighted by Crippen LogP contribution is 2.21. The molecule has 8 heteroatoms. The Morgan fingerprint density at radius 2 is 1.76 bits per heavy atom. The van der Waals surface area contributed by atoms with Crippen molar-refractivity contribution in [3.63, 3.8) is 0 Å². The van der Waals surface area contributed by atoms with Crippen molar-refractivity contribution in [2.45, 2.75) is 18.9 Å². The number of carbonyl (C=O) groups excluding carboxylic acids is 1. The fourth-order valence-electron chi connectivity index (χ4n) is 3.54. The quantitative estimate of drug-likeness (QED) is 0.824. The Balaban J connectivity index is 1.35. The molecule has 0 bridgehead atoms.